The van der Waals surface area contributed by atoms with Gasteiger partial charge in [0, 0.05) is 6.54 Å². The molecule has 1 aromatic carbocycles. The van der Waals surface area contributed by atoms with E-state index in [4.69, 9.17) is 5.73 Å². The van der Waals surface area contributed by atoms with Crippen LogP contribution in [-0.2, 0) is 11.3 Å². The Morgan fingerprint density at radius 3 is 2.50 bits per heavy atom. The molecule has 5 heteroatoms. The van der Waals surface area contributed by atoms with Crippen molar-refractivity contribution < 1.29 is 9.18 Å². The van der Waals surface area contributed by atoms with Crippen molar-refractivity contribution in [1.82, 2.24) is 10.6 Å². The Morgan fingerprint density at radius 2 is 1.94 bits per heavy atom. The molecule has 4 nitrogen and oxygen atoms in total. The molecule has 0 saturated carbocycles. The molecule has 0 aromatic heterocycles. The lowest BCUT2D eigenvalue weighted by atomic mass is 9.87. The van der Waals surface area contributed by atoms with Crippen LogP contribution in [0.25, 0.3) is 0 Å². The van der Waals surface area contributed by atoms with Crippen molar-refractivity contribution in [2.75, 3.05) is 13.1 Å². The lowest BCUT2D eigenvalue weighted by Crippen LogP contribution is -2.60. The Hall–Kier alpha value is -1.46. The molecule has 0 bridgehead atoms. The zero-order chi connectivity index (χ0) is 13.0. The van der Waals surface area contributed by atoms with Gasteiger partial charge in [0.1, 0.15) is 11.4 Å². The summed E-state index contributed by atoms with van der Waals surface area (Å²) in [4.78, 5) is 11.6. The third-order valence-electron chi connectivity index (χ3n) is 3.47. The summed E-state index contributed by atoms with van der Waals surface area (Å²) in [5.74, 6) is -0.573. The highest BCUT2D eigenvalue weighted by molar-refractivity contribution is 5.84. The normalized spacial score (nSPS) is 18.5. The molecule has 1 saturated heterocycles. The largest absolute Gasteiger partial charge is 0.368 e. The second-order valence-electron chi connectivity index (χ2n) is 4.68. The SMILES string of the molecule is NC(=O)C1(NCc2ccc(F)cc2)CCNCC1. The molecule has 0 radical (unpaired) electrons. The number of amides is 1. The number of rotatable bonds is 4. The summed E-state index contributed by atoms with van der Waals surface area (Å²) in [6.07, 6.45) is 1.37. The molecule has 1 aromatic rings. The van der Waals surface area contributed by atoms with Gasteiger partial charge in [0.15, 0.2) is 0 Å². The van der Waals surface area contributed by atoms with Crippen LogP contribution < -0.4 is 16.4 Å². The van der Waals surface area contributed by atoms with Gasteiger partial charge in [-0.15, -0.1) is 0 Å². The van der Waals surface area contributed by atoms with Gasteiger partial charge in [-0.3, -0.25) is 10.1 Å². The van der Waals surface area contributed by atoms with E-state index in [1.165, 1.54) is 12.1 Å². The first-order valence-corrected chi connectivity index (χ1v) is 6.12. The predicted molar refractivity (Wildman–Crippen MR) is 67.3 cm³/mol. The minimum Gasteiger partial charge on any atom is -0.368 e. The van der Waals surface area contributed by atoms with E-state index in [0.717, 1.165) is 18.7 Å². The van der Waals surface area contributed by atoms with E-state index in [0.29, 0.717) is 19.4 Å². The summed E-state index contributed by atoms with van der Waals surface area (Å²) in [7, 11) is 0. The van der Waals surface area contributed by atoms with Crippen molar-refractivity contribution in [3.05, 3.63) is 35.6 Å². The zero-order valence-electron chi connectivity index (χ0n) is 10.2. The van der Waals surface area contributed by atoms with E-state index in [9.17, 15) is 9.18 Å². The van der Waals surface area contributed by atoms with Crippen LogP contribution >= 0.6 is 0 Å². The fourth-order valence-electron chi connectivity index (χ4n) is 2.24. The van der Waals surface area contributed by atoms with Crippen molar-refractivity contribution in [1.29, 1.82) is 0 Å². The van der Waals surface area contributed by atoms with E-state index in [1.807, 2.05) is 0 Å². The molecule has 0 atom stereocenters. The summed E-state index contributed by atoms with van der Waals surface area (Å²) >= 11 is 0. The maximum atomic E-state index is 12.8. The van der Waals surface area contributed by atoms with Gasteiger partial charge in [-0.2, -0.15) is 0 Å². The Labute approximate surface area is 106 Å². The van der Waals surface area contributed by atoms with Crippen LogP contribution in [0, 0.1) is 5.82 Å². The number of nitrogens with two attached hydrogens (primary N) is 1. The number of carbonyl (C=O) groups is 1. The van der Waals surface area contributed by atoms with Crippen LogP contribution in [0.5, 0.6) is 0 Å². The number of hydrogen-bond donors (Lipinski definition) is 3. The van der Waals surface area contributed by atoms with Crippen molar-refractivity contribution in [2.45, 2.75) is 24.9 Å². The molecule has 0 spiro atoms. The van der Waals surface area contributed by atoms with E-state index in [1.54, 1.807) is 12.1 Å². The highest BCUT2D eigenvalue weighted by Crippen LogP contribution is 2.18. The molecule has 18 heavy (non-hydrogen) atoms. The Bertz CT molecular complexity index is 413. The third kappa shape index (κ3) is 2.86. The molecule has 98 valence electrons. The van der Waals surface area contributed by atoms with Gasteiger partial charge in [0.2, 0.25) is 5.91 Å². The summed E-state index contributed by atoms with van der Waals surface area (Å²) in [6, 6.07) is 6.24. The smallest absolute Gasteiger partial charge is 0.237 e. The van der Waals surface area contributed by atoms with Crippen LogP contribution in [0.4, 0.5) is 4.39 Å². The van der Waals surface area contributed by atoms with Gasteiger partial charge in [0.25, 0.3) is 0 Å². The molecular weight excluding hydrogens is 233 g/mol. The number of piperidine rings is 1. The van der Waals surface area contributed by atoms with Gasteiger partial charge in [0.05, 0.1) is 0 Å². The number of primary amides is 1. The van der Waals surface area contributed by atoms with Crippen molar-refractivity contribution in [3.63, 3.8) is 0 Å². The number of nitrogens with one attached hydrogen (secondary N) is 2. The van der Waals surface area contributed by atoms with Gasteiger partial charge in [-0.05, 0) is 43.6 Å². The van der Waals surface area contributed by atoms with E-state index < -0.39 is 5.54 Å². The van der Waals surface area contributed by atoms with Gasteiger partial charge in [-0.1, -0.05) is 12.1 Å². The van der Waals surface area contributed by atoms with Crippen LogP contribution in [0.1, 0.15) is 18.4 Å². The average Bonchev–Trinajstić information content (AvgIpc) is 2.39. The van der Waals surface area contributed by atoms with Crippen molar-refractivity contribution in [3.8, 4) is 0 Å². The highest BCUT2D eigenvalue weighted by atomic mass is 19.1. The molecular formula is C13H18FN3O. The van der Waals surface area contributed by atoms with E-state index >= 15 is 0 Å². The number of hydrogen-bond acceptors (Lipinski definition) is 3. The van der Waals surface area contributed by atoms with E-state index in [-0.39, 0.29) is 11.7 Å². The summed E-state index contributed by atoms with van der Waals surface area (Å²) in [6.45, 7) is 2.07. The molecule has 1 heterocycles. The standard InChI is InChI=1S/C13H18FN3O/c14-11-3-1-10(2-4-11)9-17-13(12(15)18)5-7-16-8-6-13/h1-4,16-17H,5-9H2,(H2,15,18). The number of carbonyl (C=O) groups excluding carboxylic acids is 1. The average molecular weight is 251 g/mol. The second-order valence-corrected chi connectivity index (χ2v) is 4.68. The Balaban J connectivity index is 2.01. The number of benzene rings is 1. The fraction of sp³-hybridized carbons (Fsp3) is 0.462. The molecule has 1 aliphatic rings. The molecule has 1 amide bonds. The Morgan fingerprint density at radius 1 is 1.33 bits per heavy atom. The first kappa shape index (κ1) is 13.0. The molecule has 0 aliphatic carbocycles. The predicted octanol–water partition coefficient (Wildman–Crippen LogP) is 0.523. The van der Waals surface area contributed by atoms with Crippen LogP contribution in [-0.4, -0.2) is 24.5 Å². The summed E-state index contributed by atoms with van der Waals surface area (Å²) in [5.41, 5.74) is 5.80. The van der Waals surface area contributed by atoms with Crippen LogP contribution in [0.15, 0.2) is 24.3 Å². The maximum Gasteiger partial charge on any atom is 0.237 e. The minimum absolute atomic E-state index is 0.259. The van der Waals surface area contributed by atoms with Crippen LogP contribution in [0.2, 0.25) is 0 Å². The first-order chi connectivity index (χ1) is 8.62. The van der Waals surface area contributed by atoms with Crippen LogP contribution in [0.3, 0.4) is 0 Å². The van der Waals surface area contributed by atoms with Crippen molar-refractivity contribution >= 4 is 5.91 Å². The lowest BCUT2D eigenvalue weighted by molar-refractivity contribution is -0.125. The van der Waals surface area contributed by atoms with Gasteiger partial charge < -0.3 is 11.1 Å². The second kappa shape index (κ2) is 5.46. The number of halogens is 1. The monoisotopic (exact) mass is 251 g/mol. The fourth-order valence-corrected chi connectivity index (χ4v) is 2.24. The summed E-state index contributed by atoms with van der Waals surface area (Å²) in [5, 5.41) is 6.44. The topological polar surface area (TPSA) is 67.2 Å². The molecule has 0 unspecified atom stereocenters. The summed E-state index contributed by atoms with van der Waals surface area (Å²) < 4.78 is 12.8. The highest BCUT2D eigenvalue weighted by Gasteiger charge is 2.37. The maximum absolute atomic E-state index is 12.8. The van der Waals surface area contributed by atoms with E-state index in [2.05, 4.69) is 10.6 Å². The molecule has 4 N–H and O–H groups in total. The molecule has 2 rings (SSSR count). The third-order valence-corrected chi connectivity index (χ3v) is 3.47. The first-order valence-electron chi connectivity index (χ1n) is 6.12. The molecule has 1 fully saturated rings. The van der Waals surface area contributed by atoms with Gasteiger partial charge >= 0.3 is 0 Å². The lowest BCUT2D eigenvalue weighted by Gasteiger charge is -2.35. The minimum atomic E-state index is -0.639. The zero-order valence-corrected chi connectivity index (χ0v) is 10.2. The van der Waals surface area contributed by atoms with Crippen molar-refractivity contribution in [2.24, 2.45) is 5.73 Å². The van der Waals surface area contributed by atoms with Gasteiger partial charge in [-0.25, -0.2) is 4.39 Å². The Kier molecular flexibility index (Phi) is 3.93. The molecule has 1 aliphatic heterocycles. The quantitative estimate of drug-likeness (QED) is 0.731.